The van der Waals surface area contributed by atoms with Gasteiger partial charge in [0.2, 0.25) is 0 Å². The van der Waals surface area contributed by atoms with Crippen LogP contribution in [0.5, 0.6) is 0 Å². The molecule has 3 nitrogen and oxygen atoms in total. The van der Waals surface area contributed by atoms with Crippen molar-refractivity contribution in [2.24, 2.45) is 11.3 Å². The van der Waals surface area contributed by atoms with Crippen molar-refractivity contribution in [1.29, 1.82) is 0 Å². The molecule has 0 saturated carbocycles. The van der Waals surface area contributed by atoms with Crippen molar-refractivity contribution >= 4 is 7.91 Å². The summed E-state index contributed by atoms with van der Waals surface area (Å²) in [6.45, 7) is 9.62. The van der Waals surface area contributed by atoms with Crippen molar-refractivity contribution in [3.05, 3.63) is 0 Å². The Labute approximate surface area is 84.6 Å². The van der Waals surface area contributed by atoms with Gasteiger partial charge in [0.15, 0.2) is 0 Å². The first kappa shape index (κ1) is 12.2. The molecule has 14 heavy (non-hydrogen) atoms. The highest BCUT2D eigenvalue weighted by Crippen LogP contribution is 2.62. The Morgan fingerprint density at radius 3 is 2.21 bits per heavy atom. The van der Waals surface area contributed by atoms with Gasteiger partial charge in [0.05, 0.1) is 12.2 Å². The van der Waals surface area contributed by atoms with E-state index >= 15 is 0 Å². The van der Waals surface area contributed by atoms with Gasteiger partial charge in [-0.1, -0.05) is 20.8 Å². The van der Waals surface area contributed by atoms with E-state index in [0.717, 1.165) is 0 Å². The van der Waals surface area contributed by atoms with Gasteiger partial charge in [0, 0.05) is 5.41 Å². The van der Waals surface area contributed by atoms with E-state index in [9.17, 15) is 8.76 Å². The first-order valence-electron chi connectivity index (χ1n) is 4.76. The molecule has 2 atom stereocenters. The molecule has 0 aromatic carbocycles. The third kappa shape index (κ3) is 1.88. The molecular formula is C9H18FO3P. The number of rotatable bonds is 1. The van der Waals surface area contributed by atoms with Crippen LogP contribution in [0.15, 0.2) is 0 Å². The molecule has 1 fully saturated rings. The Bertz CT molecular complexity index is 277. The van der Waals surface area contributed by atoms with E-state index < -0.39 is 13.5 Å². The van der Waals surface area contributed by atoms with E-state index in [2.05, 4.69) is 4.52 Å². The minimum atomic E-state index is -4.33. The van der Waals surface area contributed by atoms with Crippen molar-refractivity contribution in [2.75, 3.05) is 6.61 Å². The summed E-state index contributed by atoms with van der Waals surface area (Å²) in [5.74, 6) is 0.262. The van der Waals surface area contributed by atoms with Crippen molar-refractivity contribution in [2.45, 2.75) is 40.2 Å². The minimum Gasteiger partial charge on any atom is -0.283 e. The zero-order valence-electron chi connectivity index (χ0n) is 9.33. The number of hydrogen-bond acceptors (Lipinski definition) is 3. The van der Waals surface area contributed by atoms with Gasteiger partial charge < -0.3 is 0 Å². The van der Waals surface area contributed by atoms with Crippen molar-refractivity contribution in [3.63, 3.8) is 0 Å². The Morgan fingerprint density at radius 1 is 1.36 bits per heavy atom. The molecule has 1 heterocycles. The van der Waals surface area contributed by atoms with E-state index in [1.807, 2.05) is 20.8 Å². The van der Waals surface area contributed by atoms with Gasteiger partial charge >= 0.3 is 7.91 Å². The van der Waals surface area contributed by atoms with Gasteiger partial charge in [-0.15, -0.1) is 4.20 Å². The molecule has 1 aliphatic heterocycles. The van der Waals surface area contributed by atoms with Gasteiger partial charge in [-0.3, -0.25) is 9.05 Å². The fourth-order valence-corrected chi connectivity index (χ4v) is 2.88. The summed E-state index contributed by atoms with van der Waals surface area (Å²) in [6, 6.07) is 0. The second-order valence-electron chi connectivity index (χ2n) is 4.88. The summed E-state index contributed by atoms with van der Waals surface area (Å²) in [6.07, 6.45) is 0. The van der Waals surface area contributed by atoms with E-state index in [1.165, 1.54) is 0 Å². The summed E-state index contributed by atoms with van der Waals surface area (Å²) >= 11 is 0. The Balaban J connectivity index is 2.99. The topological polar surface area (TPSA) is 35.5 Å². The fraction of sp³-hybridized carbons (Fsp3) is 1.00. The Kier molecular flexibility index (Phi) is 2.86. The molecule has 0 aromatic heterocycles. The minimum absolute atomic E-state index is 0.130. The highest BCUT2D eigenvalue weighted by Gasteiger charge is 2.54. The lowest BCUT2D eigenvalue weighted by molar-refractivity contribution is -0.126. The molecule has 0 spiro atoms. The van der Waals surface area contributed by atoms with Crippen LogP contribution in [-0.2, 0) is 13.6 Å². The molecule has 1 aliphatic rings. The van der Waals surface area contributed by atoms with Crippen molar-refractivity contribution < 1.29 is 17.8 Å². The molecule has 0 amide bonds. The molecule has 5 heteroatoms. The van der Waals surface area contributed by atoms with Crippen LogP contribution in [0.1, 0.15) is 34.6 Å². The van der Waals surface area contributed by atoms with Crippen LogP contribution >= 0.6 is 7.91 Å². The lowest BCUT2D eigenvalue weighted by Gasteiger charge is -2.49. The monoisotopic (exact) mass is 224 g/mol. The molecule has 0 bridgehead atoms. The van der Waals surface area contributed by atoms with Crippen LogP contribution in [-0.4, -0.2) is 12.2 Å². The normalized spacial score (nSPS) is 42.8. The molecule has 0 aromatic rings. The quantitative estimate of drug-likeness (QED) is 0.639. The van der Waals surface area contributed by atoms with E-state index in [1.54, 1.807) is 13.8 Å². The summed E-state index contributed by atoms with van der Waals surface area (Å²) in [5, 5.41) is 0. The summed E-state index contributed by atoms with van der Waals surface area (Å²) < 4.78 is 33.7. The maximum absolute atomic E-state index is 13.1. The Hall–Kier alpha value is 0.0800. The molecule has 1 saturated heterocycles. The SMILES string of the molecule is CC(C)C1(C)COP(=O)(F)OC1(C)C. The third-order valence-electron chi connectivity index (χ3n) is 3.51. The van der Waals surface area contributed by atoms with Crippen molar-refractivity contribution in [3.8, 4) is 0 Å². The van der Waals surface area contributed by atoms with Gasteiger partial charge in [0.25, 0.3) is 0 Å². The molecule has 0 N–H and O–H groups in total. The lowest BCUT2D eigenvalue weighted by Crippen LogP contribution is -2.52. The molecule has 0 radical (unpaired) electrons. The molecule has 0 aliphatic carbocycles. The number of halogens is 1. The molecular weight excluding hydrogens is 206 g/mol. The Morgan fingerprint density at radius 2 is 1.86 bits per heavy atom. The maximum atomic E-state index is 13.1. The lowest BCUT2D eigenvalue weighted by atomic mass is 9.68. The van der Waals surface area contributed by atoms with Crippen LogP contribution in [0.3, 0.4) is 0 Å². The van der Waals surface area contributed by atoms with Gasteiger partial charge in [-0.2, -0.15) is 0 Å². The average molecular weight is 224 g/mol. The standard InChI is InChI=1S/C9H18FO3P/c1-7(2)9(5)6-12-14(10,11)13-8(9,3)4/h7H,6H2,1-5H3. The summed E-state index contributed by atoms with van der Waals surface area (Å²) in [4.78, 5) is 0. The van der Waals surface area contributed by atoms with E-state index in [-0.39, 0.29) is 17.9 Å². The fourth-order valence-electron chi connectivity index (χ4n) is 1.65. The zero-order chi connectivity index (χ0) is 11.2. The van der Waals surface area contributed by atoms with Crippen LogP contribution in [0.2, 0.25) is 0 Å². The first-order chi connectivity index (χ1) is 6.11. The summed E-state index contributed by atoms with van der Waals surface area (Å²) in [5.41, 5.74) is -1.10. The largest absolute Gasteiger partial charge is 0.513 e. The number of hydrogen-bond donors (Lipinski definition) is 0. The predicted molar refractivity (Wildman–Crippen MR) is 52.8 cm³/mol. The second kappa shape index (κ2) is 3.29. The van der Waals surface area contributed by atoms with Crippen LogP contribution in [0.25, 0.3) is 0 Å². The van der Waals surface area contributed by atoms with Gasteiger partial charge in [0.1, 0.15) is 0 Å². The van der Waals surface area contributed by atoms with Crippen molar-refractivity contribution in [1.82, 2.24) is 0 Å². The highest BCUT2D eigenvalue weighted by molar-refractivity contribution is 7.48. The molecule has 1 rings (SSSR count). The van der Waals surface area contributed by atoms with E-state index in [0.29, 0.717) is 0 Å². The first-order valence-corrected chi connectivity index (χ1v) is 6.19. The summed E-state index contributed by atoms with van der Waals surface area (Å²) in [7, 11) is -4.33. The molecule has 84 valence electrons. The zero-order valence-corrected chi connectivity index (χ0v) is 10.2. The van der Waals surface area contributed by atoms with Crippen LogP contribution in [0.4, 0.5) is 4.20 Å². The van der Waals surface area contributed by atoms with Gasteiger partial charge in [-0.05, 0) is 19.8 Å². The smallest absolute Gasteiger partial charge is 0.283 e. The van der Waals surface area contributed by atoms with Crippen LogP contribution in [0, 0.1) is 11.3 Å². The second-order valence-corrected chi connectivity index (χ2v) is 6.18. The van der Waals surface area contributed by atoms with E-state index in [4.69, 9.17) is 4.52 Å². The predicted octanol–water partition coefficient (Wildman–Crippen LogP) is 3.55. The average Bonchev–Trinajstić information content (AvgIpc) is 1.95. The van der Waals surface area contributed by atoms with Gasteiger partial charge in [-0.25, -0.2) is 4.57 Å². The highest BCUT2D eigenvalue weighted by atomic mass is 31.2. The van der Waals surface area contributed by atoms with Crippen LogP contribution < -0.4 is 0 Å². The molecule has 2 unspecified atom stereocenters. The third-order valence-corrected chi connectivity index (χ3v) is 4.62. The maximum Gasteiger partial charge on any atom is 0.513 e.